The van der Waals surface area contributed by atoms with Gasteiger partial charge in [0.1, 0.15) is 5.75 Å². The quantitative estimate of drug-likeness (QED) is 0.601. The van der Waals surface area contributed by atoms with Gasteiger partial charge in [0.25, 0.3) is 0 Å². The van der Waals surface area contributed by atoms with Crippen molar-refractivity contribution in [3.63, 3.8) is 0 Å². The SMILES string of the molecule is CCCCCCNC(C)c1ccc(OC(C)CC)cc1. The van der Waals surface area contributed by atoms with Gasteiger partial charge in [-0.3, -0.25) is 0 Å². The summed E-state index contributed by atoms with van der Waals surface area (Å²) in [5.74, 6) is 0.971. The maximum Gasteiger partial charge on any atom is 0.119 e. The predicted octanol–water partition coefficient (Wildman–Crippen LogP) is 5.09. The van der Waals surface area contributed by atoms with E-state index in [0.29, 0.717) is 6.04 Å². The Morgan fingerprint density at radius 2 is 1.70 bits per heavy atom. The second kappa shape index (κ2) is 9.82. The summed E-state index contributed by atoms with van der Waals surface area (Å²) in [5.41, 5.74) is 1.33. The molecule has 1 N–H and O–H groups in total. The van der Waals surface area contributed by atoms with E-state index in [9.17, 15) is 0 Å². The maximum atomic E-state index is 5.80. The third-order valence-electron chi connectivity index (χ3n) is 3.77. The van der Waals surface area contributed by atoms with Gasteiger partial charge in [-0.05, 0) is 50.9 Å². The van der Waals surface area contributed by atoms with E-state index in [1.165, 1.54) is 31.2 Å². The molecule has 0 saturated heterocycles. The zero-order valence-corrected chi connectivity index (χ0v) is 13.6. The van der Waals surface area contributed by atoms with E-state index in [1.54, 1.807) is 0 Å². The summed E-state index contributed by atoms with van der Waals surface area (Å²) >= 11 is 0. The van der Waals surface area contributed by atoms with Gasteiger partial charge < -0.3 is 10.1 Å². The predicted molar refractivity (Wildman–Crippen MR) is 87.4 cm³/mol. The Morgan fingerprint density at radius 1 is 1.00 bits per heavy atom. The average molecular weight is 277 g/mol. The summed E-state index contributed by atoms with van der Waals surface area (Å²) in [4.78, 5) is 0. The van der Waals surface area contributed by atoms with E-state index in [-0.39, 0.29) is 6.10 Å². The largest absolute Gasteiger partial charge is 0.491 e. The molecule has 114 valence electrons. The van der Waals surface area contributed by atoms with Crippen molar-refractivity contribution in [1.29, 1.82) is 0 Å². The van der Waals surface area contributed by atoms with Crippen LogP contribution in [0, 0.1) is 0 Å². The van der Waals surface area contributed by atoms with Crippen molar-refractivity contribution >= 4 is 0 Å². The number of hydrogen-bond acceptors (Lipinski definition) is 2. The monoisotopic (exact) mass is 277 g/mol. The molecule has 2 nitrogen and oxygen atoms in total. The van der Waals surface area contributed by atoms with Crippen LogP contribution in [0.15, 0.2) is 24.3 Å². The van der Waals surface area contributed by atoms with Crippen molar-refractivity contribution in [3.8, 4) is 5.75 Å². The molecular formula is C18H31NO. The third-order valence-corrected chi connectivity index (χ3v) is 3.77. The summed E-state index contributed by atoms with van der Waals surface area (Å²) in [6, 6.07) is 8.91. The van der Waals surface area contributed by atoms with Crippen LogP contribution < -0.4 is 10.1 Å². The van der Waals surface area contributed by atoms with E-state index in [0.717, 1.165) is 18.7 Å². The molecule has 0 aliphatic carbocycles. The van der Waals surface area contributed by atoms with Crippen LogP contribution in [-0.2, 0) is 0 Å². The molecule has 1 aromatic rings. The van der Waals surface area contributed by atoms with Crippen LogP contribution in [0.1, 0.15) is 71.4 Å². The van der Waals surface area contributed by atoms with Crippen LogP contribution in [0.3, 0.4) is 0 Å². The van der Waals surface area contributed by atoms with Gasteiger partial charge in [-0.15, -0.1) is 0 Å². The topological polar surface area (TPSA) is 21.3 Å². The molecule has 0 bridgehead atoms. The Labute approximate surface area is 124 Å². The highest BCUT2D eigenvalue weighted by Gasteiger charge is 2.05. The average Bonchev–Trinajstić information content (AvgIpc) is 2.47. The van der Waals surface area contributed by atoms with Crippen LogP contribution in [0.4, 0.5) is 0 Å². The molecular weight excluding hydrogens is 246 g/mol. The van der Waals surface area contributed by atoms with Gasteiger partial charge in [-0.1, -0.05) is 45.2 Å². The molecule has 0 aromatic heterocycles. The van der Waals surface area contributed by atoms with E-state index in [4.69, 9.17) is 4.74 Å². The zero-order valence-electron chi connectivity index (χ0n) is 13.6. The highest BCUT2D eigenvalue weighted by atomic mass is 16.5. The highest BCUT2D eigenvalue weighted by Crippen LogP contribution is 2.19. The number of hydrogen-bond donors (Lipinski definition) is 1. The Morgan fingerprint density at radius 3 is 2.30 bits per heavy atom. The molecule has 0 radical (unpaired) electrons. The Balaban J connectivity index is 2.35. The van der Waals surface area contributed by atoms with Gasteiger partial charge in [0.2, 0.25) is 0 Å². The number of nitrogens with one attached hydrogen (secondary N) is 1. The summed E-state index contributed by atoms with van der Waals surface area (Å²) in [6.07, 6.45) is 6.57. The smallest absolute Gasteiger partial charge is 0.119 e. The summed E-state index contributed by atoms with van der Waals surface area (Å²) in [5, 5.41) is 3.59. The van der Waals surface area contributed by atoms with E-state index < -0.39 is 0 Å². The molecule has 1 rings (SSSR count). The number of benzene rings is 1. The lowest BCUT2D eigenvalue weighted by Gasteiger charge is -2.16. The molecule has 0 saturated carbocycles. The molecule has 2 unspecified atom stereocenters. The van der Waals surface area contributed by atoms with Crippen LogP contribution in [0.5, 0.6) is 5.75 Å². The number of unbranched alkanes of at least 4 members (excludes halogenated alkanes) is 3. The summed E-state index contributed by atoms with van der Waals surface area (Å²) < 4.78 is 5.80. The maximum absolute atomic E-state index is 5.80. The van der Waals surface area contributed by atoms with Crippen molar-refractivity contribution in [3.05, 3.63) is 29.8 Å². The minimum absolute atomic E-state index is 0.287. The molecule has 0 aliphatic rings. The Hall–Kier alpha value is -1.02. The minimum Gasteiger partial charge on any atom is -0.491 e. The van der Waals surface area contributed by atoms with E-state index >= 15 is 0 Å². The first kappa shape index (κ1) is 17.0. The molecule has 1 aromatic carbocycles. The van der Waals surface area contributed by atoms with Crippen LogP contribution in [0.2, 0.25) is 0 Å². The first-order valence-electron chi connectivity index (χ1n) is 8.17. The molecule has 0 fully saturated rings. The summed E-state index contributed by atoms with van der Waals surface area (Å²) in [7, 11) is 0. The van der Waals surface area contributed by atoms with Gasteiger partial charge in [0, 0.05) is 6.04 Å². The fraction of sp³-hybridized carbons (Fsp3) is 0.667. The molecule has 0 heterocycles. The second-order valence-corrected chi connectivity index (χ2v) is 5.64. The van der Waals surface area contributed by atoms with Gasteiger partial charge >= 0.3 is 0 Å². The first-order valence-corrected chi connectivity index (χ1v) is 8.17. The molecule has 0 amide bonds. The van der Waals surface area contributed by atoms with E-state index in [2.05, 4.69) is 57.3 Å². The lowest BCUT2D eigenvalue weighted by molar-refractivity contribution is 0.217. The molecule has 2 heteroatoms. The van der Waals surface area contributed by atoms with Gasteiger partial charge in [0.05, 0.1) is 6.10 Å². The van der Waals surface area contributed by atoms with Crippen molar-refractivity contribution in [1.82, 2.24) is 5.32 Å². The van der Waals surface area contributed by atoms with Crippen molar-refractivity contribution in [2.45, 2.75) is 71.9 Å². The van der Waals surface area contributed by atoms with Crippen molar-refractivity contribution < 1.29 is 4.74 Å². The molecule has 2 atom stereocenters. The summed E-state index contributed by atoms with van der Waals surface area (Å²) in [6.45, 7) is 9.83. The third kappa shape index (κ3) is 6.42. The highest BCUT2D eigenvalue weighted by molar-refractivity contribution is 5.29. The Kier molecular flexibility index (Phi) is 8.36. The fourth-order valence-corrected chi connectivity index (χ4v) is 2.14. The minimum atomic E-state index is 0.287. The Bertz CT molecular complexity index is 347. The number of rotatable bonds is 10. The molecule has 0 spiro atoms. The second-order valence-electron chi connectivity index (χ2n) is 5.64. The van der Waals surface area contributed by atoms with Crippen LogP contribution >= 0.6 is 0 Å². The van der Waals surface area contributed by atoms with Gasteiger partial charge in [-0.25, -0.2) is 0 Å². The zero-order chi connectivity index (χ0) is 14.8. The van der Waals surface area contributed by atoms with Crippen molar-refractivity contribution in [2.75, 3.05) is 6.54 Å². The van der Waals surface area contributed by atoms with Crippen LogP contribution in [0.25, 0.3) is 0 Å². The first-order chi connectivity index (χ1) is 9.67. The number of ether oxygens (including phenoxy) is 1. The normalized spacial score (nSPS) is 14.0. The molecule has 20 heavy (non-hydrogen) atoms. The lowest BCUT2D eigenvalue weighted by Crippen LogP contribution is -2.19. The van der Waals surface area contributed by atoms with E-state index in [1.807, 2.05) is 0 Å². The molecule has 0 aliphatic heterocycles. The lowest BCUT2D eigenvalue weighted by atomic mass is 10.1. The van der Waals surface area contributed by atoms with Crippen molar-refractivity contribution in [2.24, 2.45) is 0 Å². The van der Waals surface area contributed by atoms with Gasteiger partial charge in [0.15, 0.2) is 0 Å². The standard InChI is InChI=1S/C18H31NO/c1-5-7-8-9-14-19-16(4)17-10-12-18(13-11-17)20-15(3)6-2/h10-13,15-16,19H,5-9,14H2,1-4H3. The van der Waals surface area contributed by atoms with Gasteiger partial charge in [-0.2, -0.15) is 0 Å². The fourth-order valence-electron chi connectivity index (χ4n) is 2.14. The van der Waals surface area contributed by atoms with Crippen LogP contribution in [-0.4, -0.2) is 12.6 Å².